The van der Waals surface area contributed by atoms with E-state index in [4.69, 9.17) is 0 Å². The number of carbonyl (C=O) groups is 2. The zero-order valence-corrected chi connectivity index (χ0v) is 16.6. The highest BCUT2D eigenvalue weighted by Crippen LogP contribution is 2.31. The molecule has 1 amide bonds. The molecule has 6 nitrogen and oxygen atoms in total. The summed E-state index contributed by atoms with van der Waals surface area (Å²) in [6, 6.07) is 13.2. The second-order valence-corrected chi connectivity index (χ2v) is 7.76. The zero-order chi connectivity index (χ0) is 19.5. The Morgan fingerprint density at radius 3 is 2.71 bits per heavy atom. The number of nitrogens with zero attached hydrogens (tertiary/aromatic N) is 4. The number of ketones is 1. The van der Waals surface area contributed by atoms with Crippen molar-refractivity contribution in [2.45, 2.75) is 36.6 Å². The van der Waals surface area contributed by atoms with Crippen LogP contribution in [0.2, 0.25) is 0 Å². The Kier molecular flexibility index (Phi) is 5.43. The maximum Gasteiger partial charge on any atom is 0.223 e. The number of thioether (sulfide) groups is 1. The van der Waals surface area contributed by atoms with E-state index in [0.29, 0.717) is 12.1 Å². The van der Waals surface area contributed by atoms with Crippen LogP contribution in [0.4, 0.5) is 0 Å². The minimum absolute atomic E-state index is 0.00395. The Balaban J connectivity index is 1.43. The van der Waals surface area contributed by atoms with Gasteiger partial charge in [-0.1, -0.05) is 18.2 Å². The van der Waals surface area contributed by atoms with Gasteiger partial charge in [0.05, 0.1) is 6.04 Å². The lowest BCUT2D eigenvalue weighted by Crippen LogP contribution is -2.31. The van der Waals surface area contributed by atoms with Crippen LogP contribution in [0.3, 0.4) is 0 Å². The van der Waals surface area contributed by atoms with Crippen LogP contribution in [0, 0.1) is 0 Å². The van der Waals surface area contributed by atoms with Gasteiger partial charge in [-0.3, -0.25) is 14.0 Å². The summed E-state index contributed by atoms with van der Waals surface area (Å²) in [7, 11) is 0. The van der Waals surface area contributed by atoms with E-state index >= 15 is 0 Å². The number of benzene rings is 1. The first-order chi connectivity index (χ1) is 13.7. The van der Waals surface area contributed by atoms with Gasteiger partial charge in [0.25, 0.3) is 0 Å². The predicted molar refractivity (Wildman–Crippen MR) is 108 cm³/mol. The number of aromatic nitrogens is 3. The van der Waals surface area contributed by atoms with E-state index in [0.717, 1.165) is 29.2 Å². The molecule has 2 aromatic heterocycles. The second-order valence-electron chi connectivity index (χ2n) is 6.88. The van der Waals surface area contributed by atoms with Gasteiger partial charge in [0.2, 0.25) is 5.91 Å². The standard InChI is InChI=1S/C21H22N4O2S/c1-28-16-9-7-15(8-10-16)18(26)11-12-20(27)24-14-4-5-17(24)21-23-22-19-6-2-3-13-25(19)21/h2-3,6-10,13,17H,4-5,11-12,14H2,1H3/t17-/m1/s1. The number of Topliss-reactive ketones (excluding diaryl/α,β-unsaturated/α-hetero) is 1. The summed E-state index contributed by atoms with van der Waals surface area (Å²) in [5.41, 5.74) is 1.44. The minimum Gasteiger partial charge on any atom is -0.332 e. The Morgan fingerprint density at radius 2 is 1.93 bits per heavy atom. The average molecular weight is 394 g/mol. The molecule has 0 aliphatic carbocycles. The Bertz CT molecular complexity index is 999. The van der Waals surface area contributed by atoms with Crippen LogP contribution < -0.4 is 0 Å². The summed E-state index contributed by atoms with van der Waals surface area (Å²) >= 11 is 1.64. The molecule has 1 atom stereocenters. The minimum atomic E-state index is -0.0825. The van der Waals surface area contributed by atoms with E-state index in [1.54, 1.807) is 11.8 Å². The molecule has 144 valence electrons. The van der Waals surface area contributed by atoms with E-state index in [9.17, 15) is 9.59 Å². The Hall–Kier alpha value is -2.67. The van der Waals surface area contributed by atoms with Crippen LogP contribution in [-0.4, -0.2) is 44.0 Å². The number of hydrogen-bond donors (Lipinski definition) is 0. The summed E-state index contributed by atoms with van der Waals surface area (Å²) in [6.45, 7) is 0.696. The van der Waals surface area contributed by atoms with Gasteiger partial charge < -0.3 is 4.90 Å². The Morgan fingerprint density at radius 1 is 1.11 bits per heavy atom. The monoisotopic (exact) mass is 394 g/mol. The molecular weight excluding hydrogens is 372 g/mol. The Labute approximate surface area is 167 Å². The fourth-order valence-electron chi connectivity index (χ4n) is 3.71. The number of pyridine rings is 1. The number of rotatable bonds is 6. The van der Waals surface area contributed by atoms with Crippen molar-refractivity contribution in [3.63, 3.8) is 0 Å². The number of hydrogen-bond acceptors (Lipinski definition) is 5. The zero-order valence-electron chi connectivity index (χ0n) is 15.7. The van der Waals surface area contributed by atoms with Crippen molar-refractivity contribution in [2.24, 2.45) is 0 Å². The molecule has 0 bridgehead atoms. The van der Waals surface area contributed by atoms with E-state index < -0.39 is 0 Å². The molecule has 0 radical (unpaired) electrons. The first kappa shape index (κ1) is 18.7. The van der Waals surface area contributed by atoms with Gasteiger partial charge in [-0.25, -0.2) is 0 Å². The molecule has 3 aromatic rings. The van der Waals surface area contributed by atoms with Crippen LogP contribution in [0.15, 0.2) is 53.6 Å². The highest BCUT2D eigenvalue weighted by Gasteiger charge is 2.33. The smallest absolute Gasteiger partial charge is 0.223 e. The van der Waals surface area contributed by atoms with Crippen LogP contribution in [0.5, 0.6) is 0 Å². The number of likely N-dealkylation sites (tertiary alicyclic amines) is 1. The molecule has 0 unspecified atom stereocenters. The molecule has 1 aliphatic rings. The molecule has 1 saturated heterocycles. The first-order valence-electron chi connectivity index (χ1n) is 9.44. The molecule has 3 heterocycles. The van der Waals surface area contributed by atoms with Crippen LogP contribution in [-0.2, 0) is 4.79 Å². The summed E-state index contributed by atoms with van der Waals surface area (Å²) in [4.78, 5) is 28.3. The van der Waals surface area contributed by atoms with Crippen LogP contribution in [0.1, 0.15) is 47.9 Å². The normalized spacial score (nSPS) is 16.6. The van der Waals surface area contributed by atoms with Crippen molar-refractivity contribution < 1.29 is 9.59 Å². The maximum atomic E-state index is 12.8. The van der Waals surface area contributed by atoms with E-state index in [1.165, 1.54) is 0 Å². The van der Waals surface area contributed by atoms with E-state index in [1.807, 2.05) is 64.2 Å². The molecule has 7 heteroatoms. The van der Waals surface area contributed by atoms with Gasteiger partial charge in [0.1, 0.15) is 0 Å². The third-order valence-corrected chi connectivity index (χ3v) is 5.93. The highest BCUT2D eigenvalue weighted by atomic mass is 32.2. The summed E-state index contributed by atoms with van der Waals surface area (Å²) in [5, 5.41) is 8.52. The largest absolute Gasteiger partial charge is 0.332 e. The highest BCUT2D eigenvalue weighted by molar-refractivity contribution is 7.98. The van der Waals surface area contributed by atoms with E-state index in [2.05, 4.69) is 10.2 Å². The lowest BCUT2D eigenvalue weighted by Gasteiger charge is -2.23. The molecule has 28 heavy (non-hydrogen) atoms. The third-order valence-electron chi connectivity index (χ3n) is 5.19. The molecular formula is C21H22N4O2S. The number of amides is 1. The maximum absolute atomic E-state index is 12.8. The van der Waals surface area contributed by atoms with Gasteiger partial charge in [-0.05, 0) is 43.4 Å². The molecule has 0 spiro atoms. The third kappa shape index (κ3) is 3.67. The molecule has 1 aliphatic heterocycles. The summed E-state index contributed by atoms with van der Waals surface area (Å²) in [6.07, 6.45) is 6.17. The molecule has 1 aromatic carbocycles. The van der Waals surface area contributed by atoms with Gasteiger partial charge in [-0.15, -0.1) is 22.0 Å². The molecule has 0 N–H and O–H groups in total. The summed E-state index contributed by atoms with van der Waals surface area (Å²) in [5.74, 6) is 0.800. The van der Waals surface area contributed by atoms with Crippen molar-refractivity contribution in [3.8, 4) is 0 Å². The van der Waals surface area contributed by atoms with Crippen molar-refractivity contribution >= 4 is 29.1 Å². The lowest BCUT2D eigenvalue weighted by atomic mass is 10.1. The lowest BCUT2D eigenvalue weighted by molar-refractivity contribution is -0.132. The van der Waals surface area contributed by atoms with Gasteiger partial charge >= 0.3 is 0 Å². The quantitative estimate of drug-likeness (QED) is 0.470. The number of fused-ring (bicyclic) bond motifs is 1. The van der Waals surface area contributed by atoms with Crippen LogP contribution in [0.25, 0.3) is 5.65 Å². The van der Waals surface area contributed by atoms with Crippen molar-refractivity contribution in [3.05, 3.63) is 60.0 Å². The SMILES string of the molecule is CSc1ccc(C(=O)CCC(=O)N2CCC[C@@H]2c2nnc3ccccn23)cc1. The topological polar surface area (TPSA) is 67.6 Å². The molecule has 0 saturated carbocycles. The fraction of sp³-hybridized carbons (Fsp3) is 0.333. The van der Waals surface area contributed by atoms with Crippen molar-refractivity contribution in [2.75, 3.05) is 12.8 Å². The van der Waals surface area contributed by atoms with Gasteiger partial charge in [-0.2, -0.15) is 0 Å². The fourth-order valence-corrected chi connectivity index (χ4v) is 4.11. The molecule has 4 rings (SSSR count). The number of carbonyl (C=O) groups excluding carboxylic acids is 2. The molecule has 1 fully saturated rings. The van der Waals surface area contributed by atoms with Gasteiger partial charge in [0, 0.05) is 36.0 Å². The average Bonchev–Trinajstić information content (AvgIpc) is 3.38. The first-order valence-corrected chi connectivity index (χ1v) is 10.7. The second kappa shape index (κ2) is 8.14. The van der Waals surface area contributed by atoms with E-state index in [-0.39, 0.29) is 30.6 Å². The van der Waals surface area contributed by atoms with Gasteiger partial charge in [0.15, 0.2) is 17.3 Å². The predicted octanol–water partition coefficient (Wildman–Crippen LogP) is 3.78. The van der Waals surface area contributed by atoms with Crippen molar-refractivity contribution in [1.82, 2.24) is 19.5 Å². The summed E-state index contributed by atoms with van der Waals surface area (Å²) < 4.78 is 1.94. The van der Waals surface area contributed by atoms with Crippen LogP contribution >= 0.6 is 11.8 Å². The van der Waals surface area contributed by atoms with Crippen molar-refractivity contribution in [1.29, 1.82) is 0 Å².